The number of halogens is 3. The number of nitrogens with one attached hydrogen (secondary N) is 1. The van der Waals surface area contributed by atoms with Gasteiger partial charge in [-0.25, -0.2) is 8.78 Å². The van der Waals surface area contributed by atoms with Crippen LogP contribution in [0.5, 0.6) is 0 Å². The van der Waals surface area contributed by atoms with Crippen LogP contribution in [-0.2, 0) is 4.79 Å². The Morgan fingerprint density at radius 2 is 2.10 bits per heavy atom. The topological polar surface area (TPSA) is 87.7 Å². The van der Waals surface area contributed by atoms with Gasteiger partial charge in [0.15, 0.2) is 5.84 Å². The van der Waals surface area contributed by atoms with Crippen molar-refractivity contribution < 1.29 is 18.8 Å². The Labute approximate surface area is 128 Å². The monoisotopic (exact) mass is 361 g/mol. The number of oxime groups is 1. The summed E-state index contributed by atoms with van der Waals surface area (Å²) in [6.07, 6.45) is 0.769. The number of carbonyl (C=O) groups excluding carboxylic acids is 1. The smallest absolute Gasteiger partial charge is 0.238 e. The third-order valence-electron chi connectivity index (χ3n) is 3.68. The van der Waals surface area contributed by atoms with Crippen LogP contribution in [-0.4, -0.2) is 17.0 Å². The molecule has 0 radical (unpaired) electrons. The Balaban J connectivity index is 2.27. The summed E-state index contributed by atoms with van der Waals surface area (Å²) in [6, 6.07) is 1.80. The normalized spacial score (nSPS) is 25.3. The summed E-state index contributed by atoms with van der Waals surface area (Å²) >= 11 is 2.85. The number of hydrogen-bond donors (Lipinski definition) is 3. The molecule has 0 saturated heterocycles. The van der Waals surface area contributed by atoms with Crippen LogP contribution in [0.25, 0.3) is 0 Å². The van der Waals surface area contributed by atoms with Crippen LogP contribution in [0.15, 0.2) is 21.8 Å². The van der Waals surface area contributed by atoms with Gasteiger partial charge in [-0.3, -0.25) is 4.79 Å². The van der Waals surface area contributed by atoms with Gasteiger partial charge in [0, 0.05) is 6.07 Å². The maximum absolute atomic E-state index is 13.7. The predicted octanol–water partition coefficient (Wildman–Crippen LogP) is 2.83. The van der Waals surface area contributed by atoms with Crippen LogP contribution in [0.4, 0.5) is 14.5 Å². The SMILES string of the molecule is CC1CC(C(=O)Nc2cc(F)c(Br)cc2F)(/C(N)=N/O)C1. The maximum Gasteiger partial charge on any atom is 0.238 e. The minimum atomic E-state index is -1.18. The van der Waals surface area contributed by atoms with Crippen LogP contribution >= 0.6 is 15.9 Å². The molecule has 21 heavy (non-hydrogen) atoms. The zero-order valence-electron chi connectivity index (χ0n) is 11.2. The van der Waals surface area contributed by atoms with Crippen molar-refractivity contribution >= 4 is 33.4 Å². The predicted molar refractivity (Wildman–Crippen MR) is 76.9 cm³/mol. The zero-order chi connectivity index (χ0) is 15.8. The molecule has 114 valence electrons. The number of hydrogen-bond acceptors (Lipinski definition) is 3. The van der Waals surface area contributed by atoms with Crippen molar-refractivity contribution in [3.63, 3.8) is 0 Å². The fourth-order valence-electron chi connectivity index (χ4n) is 2.60. The molecule has 1 aliphatic carbocycles. The lowest BCUT2D eigenvalue weighted by Gasteiger charge is -2.43. The van der Waals surface area contributed by atoms with E-state index in [0.29, 0.717) is 12.8 Å². The van der Waals surface area contributed by atoms with Crippen molar-refractivity contribution in [2.24, 2.45) is 22.2 Å². The van der Waals surface area contributed by atoms with Gasteiger partial charge in [0.1, 0.15) is 17.0 Å². The Hall–Kier alpha value is -1.70. The van der Waals surface area contributed by atoms with E-state index in [1.807, 2.05) is 6.92 Å². The molecule has 0 spiro atoms. The maximum atomic E-state index is 13.7. The molecule has 1 saturated carbocycles. The lowest BCUT2D eigenvalue weighted by molar-refractivity contribution is -0.127. The summed E-state index contributed by atoms with van der Waals surface area (Å²) in [5.74, 6) is -2.10. The van der Waals surface area contributed by atoms with Gasteiger partial charge in [0.2, 0.25) is 5.91 Å². The molecule has 2 rings (SSSR count). The van der Waals surface area contributed by atoms with E-state index in [0.717, 1.165) is 12.1 Å². The van der Waals surface area contributed by atoms with Gasteiger partial charge >= 0.3 is 0 Å². The van der Waals surface area contributed by atoms with E-state index < -0.39 is 23.0 Å². The average molecular weight is 362 g/mol. The van der Waals surface area contributed by atoms with E-state index in [9.17, 15) is 13.6 Å². The number of amidine groups is 1. The van der Waals surface area contributed by atoms with Crippen LogP contribution in [0, 0.1) is 23.0 Å². The fourth-order valence-corrected chi connectivity index (χ4v) is 2.91. The fraction of sp³-hybridized carbons (Fsp3) is 0.385. The van der Waals surface area contributed by atoms with Crippen molar-refractivity contribution in [2.75, 3.05) is 5.32 Å². The van der Waals surface area contributed by atoms with Crippen LogP contribution in [0.2, 0.25) is 0 Å². The first kappa shape index (κ1) is 15.7. The summed E-state index contributed by atoms with van der Waals surface area (Å²) < 4.78 is 27.1. The molecule has 0 heterocycles. The highest BCUT2D eigenvalue weighted by Gasteiger charge is 2.52. The lowest BCUT2D eigenvalue weighted by atomic mass is 9.61. The highest BCUT2D eigenvalue weighted by atomic mass is 79.9. The largest absolute Gasteiger partial charge is 0.409 e. The molecule has 1 fully saturated rings. The van der Waals surface area contributed by atoms with Crippen molar-refractivity contribution in [3.8, 4) is 0 Å². The lowest BCUT2D eigenvalue weighted by Crippen LogP contribution is -2.54. The van der Waals surface area contributed by atoms with E-state index in [1.54, 1.807) is 0 Å². The molecule has 0 unspecified atom stereocenters. The molecule has 4 N–H and O–H groups in total. The third-order valence-corrected chi connectivity index (χ3v) is 4.29. The first-order valence-corrected chi connectivity index (χ1v) is 7.03. The molecule has 1 aromatic rings. The average Bonchev–Trinajstić information content (AvgIpc) is 2.39. The second kappa shape index (κ2) is 5.59. The number of nitrogens with two attached hydrogens (primary N) is 1. The van der Waals surface area contributed by atoms with E-state index in [4.69, 9.17) is 10.9 Å². The Bertz CT molecular complexity index is 616. The molecule has 1 aromatic carbocycles. The van der Waals surface area contributed by atoms with Gasteiger partial charge in [-0.2, -0.15) is 0 Å². The van der Waals surface area contributed by atoms with E-state index >= 15 is 0 Å². The van der Waals surface area contributed by atoms with Gasteiger partial charge in [0.05, 0.1) is 10.2 Å². The molecule has 5 nitrogen and oxygen atoms in total. The first-order chi connectivity index (χ1) is 9.80. The van der Waals surface area contributed by atoms with Gasteiger partial charge in [-0.15, -0.1) is 0 Å². The molecule has 1 amide bonds. The number of carbonyl (C=O) groups is 1. The van der Waals surface area contributed by atoms with Gasteiger partial charge in [0.25, 0.3) is 0 Å². The summed E-state index contributed by atoms with van der Waals surface area (Å²) in [5.41, 5.74) is 4.12. The quantitative estimate of drug-likeness (QED) is 0.254. The highest BCUT2D eigenvalue weighted by Crippen LogP contribution is 2.46. The Morgan fingerprint density at radius 1 is 1.48 bits per heavy atom. The Morgan fingerprint density at radius 3 is 2.62 bits per heavy atom. The molecular formula is C13H14BrF2N3O2. The molecule has 0 atom stereocenters. The second-order valence-corrected chi connectivity index (χ2v) is 6.14. The summed E-state index contributed by atoms with van der Waals surface area (Å²) in [7, 11) is 0. The third kappa shape index (κ3) is 2.72. The van der Waals surface area contributed by atoms with Crippen molar-refractivity contribution in [1.29, 1.82) is 0 Å². The van der Waals surface area contributed by atoms with E-state index in [1.165, 1.54) is 0 Å². The number of rotatable bonds is 3. The minimum Gasteiger partial charge on any atom is -0.409 e. The van der Waals surface area contributed by atoms with E-state index in [-0.39, 0.29) is 21.9 Å². The molecule has 8 heteroatoms. The summed E-state index contributed by atoms with van der Waals surface area (Å²) in [6.45, 7) is 1.91. The molecule has 0 aliphatic heterocycles. The summed E-state index contributed by atoms with van der Waals surface area (Å²) in [5, 5.41) is 14.0. The number of amides is 1. The second-order valence-electron chi connectivity index (χ2n) is 5.28. The van der Waals surface area contributed by atoms with Gasteiger partial charge < -0.3 is 16.3 Å². The van der Waals surface area contributed by atoms with Crippen LogP contribution in [0.1, 0.15) is 19.8 Å². The van der Waals surface area contributed by atoms with Crippen LogP contribution < -0.4 is 11.1 Å². The number of benzene rings is 1. The summed E-state index contributed by atoms with van der Waals surface area (Å²) in [4.78, 5) is 12.3. The molecule has 0 aromatic heterocycles. The van der Waals surface area contributed by atoms with E-state index in [2.05, 4.69) is 26.4 Å². The highest BCUT2D eigenvalue weighted by molar-refractivity contribution is 9.10. The standard InChI is InChI=1S/C13H14BrF2N3O2/c1-6-4-13(5-6,11(17)19-21)12(20)18-10-3-8(15)7(14)2-9(10)16/h2-3,6,21H,4-5H2,1H3,(H2,17,19)(H,18,20). The molecular weight excluding hydrogens is 348 g/mol. The van der Waals surface area contributed by atoms with Crippen molar-refractivity contribution in [1.82, 2.24) is 0 Å². The Kier molecular flexibility index (Phi) is 4.18. The minimum absolute atomic E-state index is 0.0404. The van der Waals surface area contributed by atoms with Crippen LogP contribution in [0.3, 0.4) is 0 Å². The van der Waals surface area contributed by atoms with Gasteiger partial charge in [-0.05, 0) is 40.8 Å². The molecule has 0 bridgehead atoms. The van der Waals surface area contributed by atoms with Crippen molar-refractivity contribution in [3.05, 3.63) is 28.2 Å². The molecule has 1 aliphatic rings. The zero-order valence-corrected chi connectivity index (χ0v) is 12.7. The number of anilines is 1. The van der Waals surface area contributed by atoms with Crippen molar-refractivity contribution in [2.45, 2.75) is 19.8 Å². The first-order valence-electron chi connectivity index (χ1n) is 6.24. The van der Waals surface area contributed by atoms with Gasteiger partial charge in [-0.1, -0.05) is 12.1 Å². The number of nitrogens with zero attached hydrogens (tertiary/aromatic N) is 1.